The number of halogens is 1. The van der Waals surface area contributed by atoms with Gasteiger partial charge >= 0.3 is 6.09 Å². The molecule has 0 aliphatic carbocycles. The van der Waals surface area contributed by atoms with Crippen LogP contribution in [0.4, 0.5) is 10.5 Å². The fourth-order valence-corrected chi connectivity index (χ4v) is 4.70. The minimum atomic E-state index is -1.39. The van der Waals surface area contributed by atoms with Crippen molar-refractivity contribution >= 4 is 41.1 Å². The molecular weight excluding hydrogens is 560 g/mol. The van der Waals surface area contributed by atoms with Crippen molar-refractivity contribution < 1.29 is 29.0 Å². The van der Waals surface area contributed by atoms with E-state index in [4.69, 9.17) is 22.1 Å². The van der Waals surface area contributed by atoms with E-state index >= 15 is 0 Å². The molecule has 2 unspecified atom stereocenters. The van der Waals surface area contributed by atoms with Gasteiger partial charge in [-0.2, -0.15) is 0 Å². The van der Waals surface area contributed by atoms with Gasteiger partial charge in [-0.25, -0.2) is 4.79 Å². The molecule has 10 nitrogen and oxygen atoms in total. The van der Waals surface area contributed by atoms with Crippen LogP contribution in [0.15, 0.2) is 36.4 Å². The average molecular weight is 603 g/mol. The molecular formula is C31H43ClN4O6. The quantitative estimate of drug-likeness (QED) is 0.222. The summed E-state index contributed by atoms with van der Waals surface area (Å²) in [4.78, 5) is 54.3. The average Bonchev–Trinajstić information content (AvgIpc) is 2.87. The second-order valence-corrected chi connectivity index (χ2v) is 11.7. The molecule has 2 atom stereocenters. The highest BCUT2D eigenvalue weighted by molar-refractivity contribution is 6.34. The summed E-state index contributed by atoms with van der Waals surface area (Å²) in [5.41, 5.74) is 6.64. The minimum Gasteiger partial charge on any atom is -0.508 e. The number of benzene rings is 2. The Kier molecular flexibility index (Phi) is 12.7. The van der Waals surface area contributed by atoms with E-state index in [0.717, 1.165) is 24.8 Å². The van der Waals surface area contributed by atoms with Gasteiger partial charge in [-0.1, -0.05) is 56.0 Å². The van der Waals surface area contributed by atoms with Crippen molar-refractivity contribution in [3.05, 3.63) is 58.1 Å². The molecule has 230 valence electrons. The van der Waals surface area contributed by atoms with Gasteiger partial charge in [0.25, 0.3) is 5.91 Å². The van der Waals surface area contributed by atoms with Crippen molar-refractivity contribution in [1.29, 1.82) is 0 Å². The number of primary amides is 1. The highest BCUT2D eigenvalue weighted by Gasteiger charge is 2.37. The summed E-state index contributed by atoms with van der Waals surface area (Å²) in [6, 6.07) is 7.23. The molecule has 0 aliphatic rings. The number of amides is 4. The zero-order valence-electron chi connectivity index (χ0n) is 25.3. The van der Waals surface area contributed by atoms with Crippen molar-refractivity contribution in [2.75, 3.05) is 11.9 Å². The number of alkyl carbamates (subject to hydrolysis) is 1. The van der Waals surface area contributed by atoms with Crippen LogP contribution >= 0.6 is 11.6 Å². The molecule has 0 bridgehead atoms. The van der Waals surface area contributed by atoms with Gasteiger partial charge in [-0.15, -0.1) is 0 Å². The van der Waals surface area contributed by atoms with Crippen LogP contribution in [-0.4, -0.2) is 52.0 Å². The number of nitrogens with zero attached hydrogens (tertiary/aromatic N) is 1. The van der Waals surface area contributed by atoms with Gasteiger partial charge < -0.3 is 31.1 Å². The van der Waals surface area contributed by atoms with E-state index in [1.165, 1.54) is 11.0 Å². The summed E-state index contributed by atoms with van der Waals surface area (Å²) in [5.74, 6) is -2.03. The normalized spacial score (nSPS) is 12.6. The summed E-state index contributed by atoms with van der Waals surface area (Å²) in [6.45, 7) is 10.7. The maximum absolute atomic E-state index is 14.2. The Morgan fingerprint density at radius 3 is 2.31 bits per heavy atom. The van der Waals surface area contributed by atoms with Gasteiger partial charge in [0.2, 0.25) is 11.8 Å². The van der Waals surface area contributed by atoms with E-state index in [1.54, 1.807) is 65.0 Å². The predicted molar refractivity (Wildman–Crippen MR) is 163 cm³/mol. The van der Waals surface area contributed by atoms with Crippen LogP contribution in [0.3, 0.4) is 0 Å². The lowest BCUT2D eigenvalue weighted by Gasteiger charge is -2.34. The molecule has 0 heterocycles. The van der Waals surface area contributed by atoms with E-state index in [1.807, 2.05) is 0 Å². The molecule has 0 spiro atoms. The van der Waals surface area contributed by atoms with Crippen LogP contribution < -0.4 is 16.4 Å². The first-order valence-corrected chi connectivity index (χ1v) is 14.5. The number of unbranched alkanes of at least 4 members (excludes halogenated alkanes) is 3. The number of nitrogens with two attached hydrogens (primary N) is 1. The lowest BCUT2D eigenvalue weighted by Crippen LogP contribution is -2.53. The Bertz CT molecular complexity index is 1260. The second-order valence-electron chi connectivity index (χ2n) is 11.3. The van der Waals surface area contributed by atoms with Crippen LogP contribution in [0, 0.1) is 13.8 Å². The molecule has 0 fully saturated rings. The molecule has 0 saturated carbocycles. The van der Waals surface area contributed by atoms with Gasteiger partial charge in [-0.3, -0.25) is 14.4 Å². The molecule has 2 aromatic carbocycles. The topological polar surface area (TPSA) is 151 Å². The number of hydrogen-bond acceptors (Lipinski definition) is 6. The second kappa shape index (κ2) is 15.4. The Hall–Kier alpha value is -3.79. The molecule has 0 radical (unpaired) electrons. The maximum atomic E-state index is 14.2. The lowest BCUT2D eigenvalue weighted by molar-refractivity contribution is -0.142. The molecule has 0 aliphatic heterocycles. The van der Waals surface area contributed by atoms with E-state index in [9.17, 15) is 24.3 Å². The Balaban J connectivity index is 2.63. The first-order valence-electron chi connectivity index (χ1n) is 14.1. The van der Waals surface area contributed by atoms with Gasteiger partial charge in [0.1, 0.15) is 23.4 Å². The van der Waals surface area contributed by atoms with Gasteiger partial charge in [0, 0.05) is 6.54 Å². The monoisotopic (exact) mass is 602 g/mol. The maximum Gasteiger partial charge on any atom is 0.408 e. The molecule has 5 N–H and O–H groups in total. The number of anilines is 1. The number of aryl methyl sites for hydroxylation is 2. The Labute approximate surface area is 252 Å². The van der Waals surface area contributed by atoms with Crippen molar-refractivity contribution in [2.24, 2.45) is 5.73 Å². The van der Waals surface area contributed by atoms with Crippen LogP contribution in [0.2, 0.25) is 5.02 Å². The third kappa shape index (κ3) is 10.2. The highest BCUT2D eigenvalue weighted by Crippen LogP contribution is 2.31. The number of aromatic hydroxyl groups is 1. The van der Waals surface area contributed by atoms with Gasteiger partial charge in [0.05, 0.1) is 17.1 Å². The first kappa shape index (κ1) is 34.4. The number of ether oxygens (including phenoxy) is 1. The number of phenols is 1. The van der Waals surface area contributed by atoms with Crippen LogP contribution in [0.25, 0.3) is 0 Å². The predicted octanol–water partition coefficient (Wildman–Crippen LogP) is 5.52. The van der Waals surface area contributed by atoms with Crippen molar-refractivity contribution in [3.8, 4) is 5.75 Å². The summed E-state index contributed by atoms with van der Waals surface area (Å²) in [5, 5.41) is 15.9. The van der Waals surface area contributed by atoms with Crippen molar-refractivity contribution in [2.45, 2.75) is 91.3 Å². The smallest absolute Gasteiger partial charge is 0.408 e. The van der Waals surface area contributed by atoms with E-state index in [2.05, 4.69) is 17.6 Å². The molecule has 4 amide bonds. The fraction of sp³-hybridized carbons (Fsp3) is 0.484. The zero-order chi connectivity index (χ0) is 31.6. The number of carbonyl (C=O) groups is 4. The van der Waals surface area contributed by atoms with Crippen molar-refractivity contribution in [3.63, 3.8) is 0 Å². The molecule has 0 saturated heterocycles. The molecule has 2 aromatic rings. The first-order chi connectivity index (χ1) is 19.6. The zero-order valence-corrected chi connectivity index (χ0v) is 26.0. The number of nitrogens with one attached hydrogen (secondary N) is 2. The van der Waals surface area contributed by atoms with Crippen LogP contribution in [0.1, 0.15) is 82.5 Å². The Morgan fingerprint density at radius 1 is 1.05 bits per heavy atom. The number of rotatable bonds is 13. The fourth-order valence-electron chi connectivity index (χ4n) is 4.43. The third-order valence-corrected chi connectivity index (χ3v) is 6.81. The SMILES string of the molecule is CCCCCCN(C(=O)C(CC(N)=O)NC(=O)OC(C)(C)C)C(C(=O)Nc1c(C)cccc1Cl)c1ccc(O)c(C)c1. The summed E-state index contributed by atoms with van der Waals surface area (Å²) < 4.78 is 5.32. The standard InChI is InChI=1S/C31H43ClN4O6/c1-7-8-9-10-16-36(29(40)23(18-25(33)38)34-30(41)42-31(4,5)6)27(21-14-15-24(37)20(3)17-21)28(39)35-26-19(2)12-11-13-22(26)32/h11-15,17,23,27,37H,7-10,16,18H2,1-6H3,(H2,33,38)(H,34,41)(H,35,39). The number of phenolic OH excluding ortho intramolecular Hbond substituents is 1. The number of hydrogen-bond donors (Lipinski definition) is 4. The van der Waals surface area contributed by atoms with E-state index < -0.39 is 47.9 Å². The van der Waals surface area contributed by atoms with Gasteiger partial charge in [-0.05, 0) is 75.9 Å². The van der Waals surface area contributed by atoms with E-state index in [0.29, 0.717) is 28.3 Å². The lowest BCUT2D eigenvalue weighted by atomic mass is 9.99. The van der Waals surface area contributed by atoms with Crippen LogP contribution in [-0.2, 0) is 19.1 Å². The number of para-hydroxylation sites is 1. The van der Waals surface area contributed by atoms with Crippen molar-refractivity contribution in [1.82, 2.24) is 10.2 Å². The van der Waals surface area contributed by atoms with Crippen LogP contribution in [0.5, 0.6) is 5.75 Å². The summed E-state index contributed by atoms with van der Waals surface area (Å²) in [6.07, 6.45) is 1.80. The largest absolute Gasteiger partial charge is 0.508 e. The molecule has 0 aromatic heterocycles. The minimum absolute atomic E-state index is 0.0267. The van der Waals surface area contributed by atoms with Gasteiger partial charge in [0.15, 0.2) is 0 Å². The van der Waals surface area contributed by atoms with E-state index in [-0.39, 0.29) is 12.3 Å². The third-order valence-electron chi connectivity index (χ3n) is 6.50. The Morgan fingerprint density at radius 2 is 1.74 bits per heavy atom. The molecule has 2 rings (SSSR count). The molecule has 42 heavy (non-hydrogen) atoms. The highest BCUT2D eigenvalue weighted by atomic mass is 35.5. The molecule has 11 heteroatoms. The summed E-state index contributed by atoms with van der Waals surface area (Å²) in [7, 11) is 0. The summed E-state index contributed by atoms with van der Waals surface area (Å²) >= 11 is 6.41. The number of carbonyl (C=O) groups excluding carboxylic acids is 4.